The second-order valence-corrected chi connectivity index (χ2v) is 6.61. The first-order valence-electron chi connectivity index (χ1n) is 7.78. The second kappa shape index (κ2) is 7.23. The fourth-order valence-corrected chi connectivity index (χ4v) is 3.28. The Kier molecular flexibility index (Phi) is 5.00. The second-order valence-electron chi connectivity index (χ2n) is 5.65. The summed E-state index contributed by atoms with van der Waals surface area (Å²) >= 11 is 0.841. The Morgan fingerprint density at radius 2 is 1.96 bits per heavy atom. The molecule has 0 aliphatic carbocycles. The number of rotatable bonds is 5. The van der Waals surface area contributed by atoms with E-state index in [1.54, 1.807) is 24.3 Å². The molecule has 0 spiro atoms. The molecule has 0 bridgehead atoms. The third-order valence-corrected chi connectivity index (χ3v) is 4.87. The van der Waals surface area contributed by atoms with Gasteiger partial charge in [-0.25, -0.2) is 14.8 Å². The number of carboxylic acid groups (broad SMARTS) is 1. The van der Waals surface area contributed by atoms with Crippen LogP contribution in [0, 0.1) is 0 Å². The number of aliphatic carboxylic acids is 1. The van der Waals surface area contributed by atoms with Crippen molar-refractivity contribution in [2.45, 2.75) is 5.03 Å². The molecule has 2 heterocycles. The van der Waals surface area contributed by atoms with Crippen LogP contribution in [-0.2, 0) is 18.9 Å². The van der Waals surface area contributed by atoms with Crippen LogP contribution in [0.5, 0.6) is 5.75 Å². The van der Waals surface area contributed by atoms with Gasteiger partial charge in [-0.05, 0) is 12.1 Å². The summed E-state index contributed by atoms with van der Waals surface area (Å²) in [7, 11) is 4.35. The SMILES string of the molecule is COc1cccc(-c2nc(SCC(=O)[O-])c3c(=O)n(C)c(=O)n(C)c3n2)c1. The third-order valence-electron chi connectivity index (χ3n) is 3.92. The lowest BCUT2D eigenvalue weighted by Gasteiger charge is -2.12. The maximum absolute atomic E-state index is 12.6. The van der Waals surface area contributed by atoms with Crippen molar-refractivity contribution in [1.82, 2.24) is 19.1 Å². The van der Waals surface area contributed by atoms with Gasteiger partial charge in [0.2, 0.25) is 0 Å². The first-order valence-corrected chi connectivity index (χ1v) is 8.77. The molecule has 0 saturated carbocycles. The minimum atomic E-state index is -1.30. The number of fused-ring (bicyclic) bond motifs is 1. The van der Waals surface area contributed by atoms with E-state index in [2.05, 4.69) is 9.97 Å². The van der Waals surface area contributed by atoms with E-state index in [9.17, 15) is 19.5 Å². The van der Waals surface area contributed by atoms with Crippen LogP contribution in [0.25, 0.3) is 22.4 Å². The van der Waals surface area contributed by atoms with Crippen molar-refractivity contribution >= 4 is 28.8 Å². The molecule has 0 aliphatic heterocycles. The number of methoxy groups -OCH3 is 1. The number of carbonyl (C=O) groups excluding carboxylic acids is 1. The van der Waals surface area contributed by atoms with Crippen molar-refractivity contribution in [3.05, 3.63) is 45.1 Å². The normalized spacial score (nSPS) is 10.9. The average Bonchev–Trinajstić information content (AvgIpc) is 2.68. The summed E-state index contributed by atoms with van der Waals surface area (Å²) in [6, 6.07) is 6.95. The lowest BCUT2D eigenvalue weighted by molar-refractivity contribution is -0.301. The highest BCUT2D eigenvalue weighted by Crippen LogP contribution is 2.27. The van der Waals surface area contributed by atoms with Gasteiger partial charge < -0.3 is 14.6 Å². The lowest BCUT2D eigenvalue weighted by atomic mass is 10.2. The molecule has 2 aromatic heterocycles. The Morgan fingerprint density at radius 1 is 1.22 bits per heavy atom. The van der Waals surface area contributed by atoms with Crippen molar-refractivity contribution in [2.24, 2.45) is 14.1 Å². The number of carbonyl (C=O) groups is 1. The van der Waals surface area contributed by atoms with Gasteiger partial charge in [0, 0.05) is 25.4 Å². The third kappa shape index (κ3) is 3.43. The van der Waals surface area contributed by atoms with E-state index in [-0.39, 0.29) is 21.9 Å². The molecule has 140 valence electrons. The van der Waals surface area contributed by atoms with Crippen LogP contribution in [-0.4, -0.2) is 37.9 Å². The summed E-state index contributed by atoms with van der Waals surface area (Å²) in [5.41, 5.74) is -0.416. The minimum absolute atomic E-state index is 0.0810. The van der Waals surface area contributed by atoms with Crippen LogP contribution in [0.15, 0.2) is 38.9 Å². The number of hydrogen-bond acceptors (Lipinski definition) is 8. The Balaban J connectivity index is 2.35. The first kappa shape index (κ1) is 18.6. The van der Waals surface area contributed by atoms with Gasteiger partial charge in [-0.15, -0.1) is 0 Å². The zero-order chi connectivity index (χ0) is 19.7. The number of carboxylic acids is 1. The van der Waals surface area contributed by atoms with Gasteiger partial charge in [-0.3, -0.25) is 13.9 Å². The molecule has 0 radical (unpaired) electrons. The van der Waals surface area contributed by atoms with Crippen LogP contribution in [0.2, 0.25) is 0 Å². The number of aryl methyl sites for hydroxylation is 1. The van der Waals surface area contributed by atoms with Gasteiger partial charge in [-0.2, -0.15) is 0 Å². The summed E-state index contributed by atoms with van der Waals surface area (Å²) in [5.74, 6) is -0.866. The number of aromatic nitrogens is 4. The maximum atomic E-state index is 12.6. The summed E-state index contributed by atoms with van der Waals surface area (Å²) < 4.78 is 7.35. The zero-order valence-electron chi connectivity index (χ0n) is 14.8. The van der Waals surface area contributed by atoms with E-state index in [1.165, 1.54) is 25.8 Å². The molecular weight excluding hydrogens is 372 g/mol. The monoisotopic (exact) mass is 387 g/mol. The topological polar surface area (TPSA) is 119 Å². The van der Waals surface area contributed by atoms with Crippen molar-refractivity contribution in [2.75, 3.05) is 12.9 Å². The molecule has 27 heavy (non-hydrogen) atoms. The largest absolute Gasteiger partial charge is 0.549 e. The Labute approximate surface area is 157 Å². The Bertz CT molecular complexity index is 1170. The van der Waals surface area contributed by atoms with Crippen LogP contribution in [0.1, 0.15) is 0 Å². The van der Waals surface area contributed by atoms with Gasteiger partial charge in [0.05, 0.1) is 13.1 Å². The lowest BCUT2D eigenvalue weighted by Crippen LogP contribution is -2.37. The van der Waals surface area contributed by atoms with E-state index in [1.807, 2.05) is 0 Å². The van der Waals surface area contributed by atoms with Crippen molar-refractivity contribution < 1.29 is 14.6 Å². The van der Waals surface area contributed by atoms with Gasteiger partial charge >= 0.3 is 5.69 Å². The number of nitrogens with zero attached hydrogens (tertiary/aromatic N) is 4. The highest BCUT2D eigenvalue weighted by atomic mass is 32.2. The molecule has 0 atom stereocenters. The number of hydrogen-bond donors (Lipinski definition) is 0. The van der Waals surface area contributed by atoms with E-state index in [0.29, 0.717) is 11.3 Å². The van der Waals surface area contributed by atoms with Gasteiger partial charge in [0.1, 0.15) is 16.2 Å². The molecule has 0 N–H and O–H groups in total. The van der Waals surface area contributed by atoms with Gasteiger partial charge in [0.25, 0.3) is 5.56 Å². The molecule has 0 fully saturated rings. The predicted molar refractivity (Wildman–Crippen MR) is 97.7 cm³/mol. The van der Waals surface area contributed by atoms with Crippen molar-refractivity contribution in [3.8, 4) is 17.1 Å². The molecule has 3 aromatic rings. The minimum Gasteiger partial charge on any atom is -0.549 e. The smallest absolute Gasteiger partial charge is 0.332 e. The standard InChI is InChI=1S/C17H16N4O5S/c1-20-14-12(16(24)21(2)17(20)25)15(27-8-11(22)23)19-13(18-14)9-5-4-6-10(7-9)26-3/h4-7H,8H2,1-3H3,(H,22,23)/p-1. The first-order chi connectivity index (χ1) is 12.8. The van der Waals surface area contributed by atoms with Crippen molar-refractivity contribution in [3.63, 3.8) is 0 Å². The number of benzene rings is 1. The Morgan fingerprint density at radius 3 is 2.63 bits per heavy atom. The van der Waals surface area contributed by atoms with E-state index >= 15 is 0 Å². The molecule has 0 aliphatic rings. The van der Waals surface area contributed by atoms with Crippen molar-refractivity contribution in [1.29, 1.82) is 0 Å². The van der Waals surface area contributed by atoms with Gasteiger partial charge in [0.15, 0.2) is 11.5 Å². The van der Waals surface area contributed by atoms with Gasteiger partial charge in [-0.1, -0.05) is 23.9 Å². The molecule has 0 saturated heterocycles. The fourth-order valence-electron chi connectivity index (χ4n) is 2.55. The highest BCUT2D eigenvalue weighted by molar-refractivity contribution is 8.00. The quantitative estimate of drug-likeness (QED) is 0.426. The van der Waals surface area contributed by atoms with Crippen LogP contribution in [0.4, 0.5) is 0 Å². The van der Waals surface area contributed by atoms with Crippen LogP contribution < -0.4 is 21.1 Å². The molecule has 0 unspecified atom stereocenters. The van der Waals surface area contributed by atoms with E-state index < -0.39 is 23.0 Å². The maximum Gasteiger partial charge on any atom is 0.332 e. The number of thioether (sulfide) groups is 1. The molecule has 9 nitrogen and oxygen atoms in total. The van der Waals surface area contributed by atoms with Crippen LogP contribution >= 0.6 is 11.8 Å². The predicted octanol–water partition coefficient (Wildman–Crippen LogP) is -0.455. The summed E-state index contributed by atoms with van der Waals surface area (Å²) in [6.07, 6.45) is 0. The number of ether oxygens (including phenoxy) is 1. The van der Waals surface area contributed by atoms with Crippen LogP contribution in [0.3, 0.4) is 0 Å². The Hall–Kier alpha value is -3.14. The summed E-state index contributed by atoms with van der Waals surface area (Å²) in [6.45, 7) is 0. The molecular formula is C17H15N4O5S-. The molecule has 10 heteroatoms. The molecule has 1 aromatic carbocycles. The molecule has 3 rings (SSSR count). The average molecular weight is 387 g/mol. The highest BCUT2D eigenvalue weighted by Gasteiger charge is 2.18. The van der Waals surface area contributed by atoms with E-state index in [4.69, 9.17) is 4.74 Å². The summed E-state index contributed by atoms with van der Waals surface area (Å²) in [4.78, 5) is 44.5. The van der Waals surface area contributed by atoms with E-state index in [0.717, 1.165) is 16.3 Å². The summed E-state index contributed by atoms with van der Waals surface area (Å²) in [5, 5.41) is 11.1. The molecule has 0 amide bonds. The zero-order valence-corrected chi connectivity index (χ0v) is 15.6. The fraction of sp³-hybridized carbons (Fsp3) is 0.235.